The minimum Gasteiger partial charge on any atom is -0.444 e. The van der Waals surface area contributed by atoms with Crippen LogP contribution in [0.5, 0.6) is 0 Å². The molecule has 0 saturated carbocycles. The normalized spacial score (nSPS) is 11.2. The van der Waals surface area contributed by atoms with Gasteiger partial charge in [0.1, 0.15) is 5.60 Å². The first-order valence-corrected chi connectivity index (χ1v) is 7.18. The number of benzene rings is 1. The number of alkyl carbamates (subject to hydrolysis) is 1. The van der Waals surface area contributed by atoms with E-state index in [0.717, 1.165) is 23.2 Å². The summed E-state index contributed by atoms with van der Waals surface area (Å²) >= 11 is 0. The van der Waals surface area contributed by atoms with Crippen LogP contribution in [0.2, 0.25) is 0 Å². The fraction of sp³-hybridized carbons (Fsp3) is 0.562. The number of ether oxygens (including phenoxy) is 2. The van der Waals surface area contributed by atoms with E-state index >= 15 is 0 Å². The zero-order chi connectivity index (χ0) is 15.9. The highest BCUT2D eigenvalue weighted by Gasteiger charge is 2.15. The largest absolute Gasteiger partial charge is 0.444 e. The molecular weight excluding hydrogens is 268 g/mol. The van der Waals surface area contributed by atoms with Crippen molar-refractivity contribution < 1.29 is 14.3 Å². The predicted octanol–water partition coefficient (Wildman–Crippen LogP) is 3.01. The molecule has 0 radical (unpaired) electrons. The van der Waals surface area contributed by atoms with Gasteiger partial charge in [-0.25, -0.2) is 4.79 Å². The zero-order valence-electron chi connectivity index (χ0n) is 13.4. The van der Waals surface area contributed by atoms with Crippen molar-refractivity contribution in [2.45, 2.75) is 46.3 Å². The molecule has 0 saturated heterocycles. The van der Waals surface area contributed by atoms with E-state index in [4.69, 9.17) is 15.2 Å². The summed E-state index contributed by atoms with van der Waals surface area (Å²) in [5.74, 6) is 0. The monoisotopic (exact) mass is 294 g/mol. The van der Waals surface area contributed by atoms with Gasteiger partial charge in [-0.2, -0.15) is 0 Å². The van der Waals surface area contributed by atoms with Crippen LogP contribution in [0.3, 0.4) is 0 Å². The fourth-order valence-electron chi connectivity index (χ4n) is 1.73. The predicted molar refractivity (Wildman–Crippen MR) is 84.1 cm³/mol. The Morgan fingerprint density at radius 3 is 2.71 bits per heavy atom. The molecule has 3 N–H and O–H groups in total. The van der Waals surface area contributed by atoms with Gasteiger partial charge in [-0.15, -0.1) is 0 Å². The van der Waals surface area contributed by atoms with Crippen LogP contribution < -0.4 is 11.1 Å². The molecule has 0 bridgehead atoms. The van der Waals surface area contributed by atoms with Gasteiger partial charge < -0.3 is 20.5 Å². The van der Waals surface area contributed by atoms with E-state index in [1.54, 1.807) is 0 Å². The first kappa shape index (κ1) is 17.3. The molecule has 1 rings (SSSR count). The molecule has 0 heterocycles. The van der Waals surface area contributed by atoms with Crippen molar-refractivity contribution in [2.75, 3.05) is 18.9 Å². The van der Waals surface area contributed by atoms with E-state index in [9.17, 15) is 4.79 Å². The van der Waals surface area contributed by atoms with E-state index in [1.807, 2.05) is 45.9 Å². The lowest BCUT2D eigenvalue weighted by atomic mass is 10.1. The molecule has 0 unspecified atom stereocenters. The van der Waals surface area contributed by atoms with Crippen molar-refractivity contribution >= 4 is 11.8 Å². The van der Waals surface area contributed by atoms with Crippen LogP contribution in [0.1, 0.15) is 38.3 Å². The van der Waals surface area contributed by atoms with Crippen LogP contribution in [0.25, 0.3) is 0 Å². The number of rotatable bonds is 6. The number of nitrogens with one attached hydrogen (secondary N) is 1. The summed E-state index contributed by atoms with van der Waals surface area (Å²) in [6, 6.07) is 5.90. The first-order chi connectivity index (χ1) is 9.79. The van der Waals surface area contributed by atoms with Gasteiger partial charge >= 0.3 is 6.09 Å². The highest BCUT2D eigenvalue weighted by atomic mass is 16.6. The number of hydrogen-bond donors (Lipinski definition) is 2. The Labute approximate surface area is 126 Å². The van der Waals surface area contributed by atoms with E-state index in [0.29, 0.717) is 19.8 Å². The third-order valence-corrected chi connectivity index (χ3v) is 2.81. The van der Waals surface area contributed by atoms with Crippen molar-refractivity contribution in [1.82, 2.24) is 5.32 Å². The highest BCUT2D eigenvalue weighted by Crippen LogP contribution is 2.17. The number of amides is 1. The second-order valence-corrected chi connectivity index (χ2v) is 5.98. The molecule has 118 valence electrons. The maximum atomic E-state index is 11.4. The second kappa shape index (κ2) is 7.88. The third kappa shape index (κ3) is 6.99. The van der Waals surface area contributed by atoms with Gasteiger partial charge in [0.05, 0.1) is 6.61 Å². The maximum absolute atomic E-state index is 11.4. The van der Waals surface area contributed by atoms with Gasteiger partial charge in [-0.3, -0.25) is 0 Å². The summed E-state index contributed by atoms with van der Waals surface area (Å²) in [5.41, 5.74) is 8.33. The lowest BCUT2D eigenvalue weighted by Gasteiger charge is -2.19. The van der Waals surface area contributed by atoms with E-state index in [1.165, 1.54) is 0 Å². The van der Waals surface area contributed by atoms with E-state index in [-0.39, 0.29) is 0 Å². The lowest BCUT2D eigenvalue weighted by molar-refractivity contribution is 0.0518. The minimum atomic E-state index is -0.469. The summed E-state index contributed by atoms with van der Waals surface area (Å²) in [7, 11) is 0. The summed E-state index contributed by atoms with van der Waals surface area (Å²) < 4.78 is 10.7. The quantitative estimate of drug-likeness (QED) is 0.625. The number of hydrogen-bond acceptors (Lipinski definition) is 4. The van der Waals surface area contributed by atoms with E-state index < -0.39 is 11.7 Å². The molecule has 5 heteroatoms. The van der Waals surface area contributed by atoms with Gasteiger partial charge in [0.2, 0.25) is 0 Å². The summed E-state index contributed by atoms with van der Waals surface area (Å²) in [6.45, 7) is 9.05. The summed E-state index contributed by atoms with van der Waals surface area (Å²) in [4.78, 5) is 11.4. The average Bonchev–Trinajstić information content (AvgIpc) is 2.36. The number of aryl methyl sites for hydroxylation is 1. The number of nitrogens with two attached hydrogens (primary N) is 1. The Balaban J connectivity index is 2.15. The Kier molecular flexibility index (Phi) is 6.49. The molecule has 1 amide bonds. The molecule has 1 aromatic carbocycles. The number of nitrogen functional groups attached to an aromatic ring is 1. The maximum Gasteiger partial charge on any atom is 0.407 e. The summed E-state index contributed by atoms with van der Waals surface area (Å²) in [6.07, 6.45) is 0.329. The number of carbonyl (C=O) groups excluding carboxylic acids is 1. The van der Waals surface area contributed by atoms with Crippen LogP contribution in [-0.2, 0) is 16.1 Å². The van der Waals surface area contributed by atoms with Crippen LogP contribution in [0.15, 0.2) is 18.2 Å². The van der Waals surface area contributed by atoms with E-state index in [2.05, 4.69) is 5.32 Å². The van der Waals surface area contributed by atoms with Crippen molar-refractivity contribution in [2.24, 2.45) is 0 Å². The number of para-hydroxylation sites is 1. The smallest absolute Gasteiger partial charge is 0.407 e. The molecule has 0 aliphatic carbocycles. The standard InChI is InChI=1S/C16H26N2O3/c1-12-7-5-8-13(14(12)17)11-20-10-6-9-18-15(19)21-16(2,3)4/h5,7-8H,6,9-11,17H2,1-4H3,(H,18,19). The molecule has 0 aliphatic heterocycles. The molecule has 5 nitrogen and oxygen atoms in total. The fourth-order valence-corrected chi connectivity index (χ4v) is 1.73. The van der Waals surface area contributed by atoms with Crippen molar-refractivity contribution in [3.05, 3.63) is 29.3 Å². The van der Waals surface area contributed by atoms with Gasteiger partial charge in [-0.1, -0.05) is 18.2 Å². The molecule has 21 heavy (non-hydrogen) atoms. The van der Waals surface area contributed by atoms with Crippen molar-refractivity contribution in [1.29, 1.82) is 0 Å². The van der Waals surface area contributed by atoms with Crippen LogP contribution in [-0.4, -0.2) is 24.8 Å². The Morgan fingerprint density at radius 2 is 2.05 bits per heavy atom. The number of carbonyl (C=O) groups is 1. The van der Waals surface area contributed by atoms with Gasteiger partial charge in [0, 0.05) is 24.4 Å². The molecule has 0 aromatic heterocycles. The summed E-state index contributed by atoms with van der Waals surface area (Å²) in [5, 5.41) is 2.69. The first-order valence-electron chi connectivity index (χ1n) is 7.18. The molecule has 0 fully saturated rings. The molecule has 1 aromatic rings. The van der Waals surface area contributed by atoms with Crippen LogP contribution in [0, 0.1) is 6.92 Å². The van der Waals surface area contributed by atoms with Gasteiger partial charge in [0.25, 0.3) is 0 Å². The average molecular weight is 294 g/mol. The molecular formula is C16H26N2O3. The lowest BCUT2D eigenvalue weighted by Crippen LogP contribution is -2.33. The zero-order valence-corrected chi connectivity index (χ0v) is 13.4. The Hall–Kier alpha value is -1.75. The van der Waals surface area contributed by atoms with Crippen molar-refractivity contribution in [3.8, 4) is 0 Å². The topological polar surface area (TPSA) is 73.6 Å². The number of anilines is 1. The Bertz CT molecular complexity index is 467. The van der Waals surface area contributed by atoms with Crippen molar-refractivity contribution in [3.63, 3.8) is 0 Å². The third-order valence-electron chi connectivity index (χ3n) is 2.81. The molecule has 0 spiro atoms. The van der Waals surface area contributed by atoms with Crippen LogP contribution >= 0.6 is 0 Å². The van der Waals surface area contributed by atoms with Gasteiger partial charge in [-0.05, 0) is 39.7 Å². The minimum absolute atomic E-state index is 0.398. The molecule has 0 atom stereocenters. The second-order valence-electron chi connectivity index (χ2n) is 5.98. The SMILES string of the molecule is Cc1cccc(COCCCNC(=O)OC(C)(C)C)c1N. The Morgan fingerprint density at radius 1 is 1.33 bits per heavy atom. The highest BCUT2D eigenvalue weighted by molar-refractivity contribution is 5.67. The van der Waals surface area contributed by atoms with Crippen LogP contribution in [0.4, 0.5) is 10.5 Å². The molecule has 0 aliphatic rings. The van der Waals surface area contributed by atoms with Gasteiger partial charge in [0.15, 0.2) is 0 Å².